The van der Waals surface area contributed by atoms with Crippen LogP contribution in [-0.2, 0) is 16.1 Å². The molecule has 0 saturated carbocycles. The number of nitrogens with one attached hydrogen (secondary N) is 1. The fourth-order valence-corrected chi connectivity index (χ4v) is 2.60. The van der Waals surface area contributed by atoms with E-state index < -0.39 is 6.04 Å². The number of hydrogen-bond acceptors (Lipinski definition) is 2. The lowest BCUT2D eigenvalue weighted by Gasteiger charge is -2.42. The molecule has 1 N–H and O–H groups in total. The summed E-state index contributed by atoms with van der Waals surface area (Å²) in [6.45, 7) is 6.38. The van der Waals surface area contributed by atoms with Crippen molar-refractivity contribution in [2.24, 2.45) is 5.41 Å². The number of hydrogen-bond donors (Lipinski definition) is 1. The number of carbonyl (C=O) groups is 2. The third-order valence-corrected chi connectivity index (χ3v) is 3.63. The highest BCUT2D eigenvalue weighted by molar-refractivity contribution is 6.30. The van der Waals surface area contributed by atoms with Gasteiger partial charge in [-0.3, -0.25) is 9.59 Å². The lowest BCUT2D eigenvalue weighted by Crippen LogP contribution is -2.62. The van der Waals surface area contributed by atoms with E-state index in [0.29, 0.717) is 11.6 Å². The first-order valence-corrected chi connectivity index (χ1v) is 6.98. The van der Waals surface area contributed by atoms with Gasteiger partial charge >= 0.3 is 0 Å². The van der Waals surface area contributed by atoms with Gasteiger partial charge in [-0.25, -0.2) is 0 Å². The summed E-state index contributed by atoms with van der Waals surface area (Å²) in [7, 11) is 0. The molecule has 1 atom stereocenters. The van der Waals surface area contributed by atoms with E-state index in [0.717, 1.165) is 5.56 Å². The molecule has 4 nitrogen and oxygen atoms in total. The molecule has 1 saturated heterocycles. The van der Waals surface area contributed by atoms with Crippen LogP contribution in [0.2, 0.25) is 5.02 Å². The fraction of sp³-hybridized carbons (Fsp3) is 0.467. The Morgan fingerprint density at radius 1 is 1.25 bits per heavy atom. The molecule has 1 aromatic rings. The van der Waals surface area contributed by atoms with Crippen molar-refractivity contribution in [1.82, 2.24) is 10.2 Å². The number of carbonyl (C=O) groups excluding carboxylic acids is 2. The van der Waals surface area contributed by atoms with Gasteiger partial charge in [-0.2, -0.15) is 0 Å². The first-order valence-electron chi connectivity index (χ1n) is 6.60. The monoisotopic (exact) mass is 294 g/mol. The number of piperazine rings is 1. The van der Waals surface area contributed by atoms with E-state index in [9.17, 15) is 9.59 Å². The van der Waals surface area contributed by atoms with Crippen LogP contribution in [0.3, 0.4) is 0 Å². The van der Waals surface area contributed by atoms with Gasteiger partial charge in [-0.15, -0.1) is 0 Å². The minimum Gasteiger partial charge on any atom is -0.345 e. The van der Waals surface area contributed by atoms with Crippen molar-refractivity contribution in [3.8, 4) is 0 Å². The first kappa shape index (κ1) is 14.9. The number of rotatable bonds is 2. The van der Waals surface area contributed by atoms with Gasteiger partial charge in [0, 0.05) is 11.6 Å². The minimum atomic E-state index is -0.459. The van der Waals surface area contributed by atoms with E-state index in [4.69, 9.17) is 11.6 Å². The highest BCUT2D eigenvalue weighted by Gasteiger charge is 2.41. The number of amides is 2. The molecule has 2 rings (SSSR count). The third-order valence-electron chi connectivity index (χ3n) is 3.38. The van der Waals surface area contributed by atoms with Crippen LogP contribution in [0.4, 0.5) is 0 Å². The zero-order valence-electron chi connectivity index (χ0n) is 11.9. The maximum atomic E-state index is 12.2. The summed E-state index contributed by atoms with van der Waals surface area (Å²) in [5, 5.41) is 3.32. The molecule has 0 aromatic heterocycles. The largest absolute Gasteiger partial charge is 0.345 e. The predicted octanol–water partition coefficient (Wildman–Crippen LogP) is 2.21. The Labute approximate surface area is 124 Å². The van der Waals surface area contributed by atoms with Gasteiger partial charge in [0.1, 0.15) is 6.04 Å². The van der Waals surface area contributed by atoms with Crippen LogP contribution in [0, 0.1) is 5.41 Å². The highest BCUT2D eigenvalue weighted by Crippen LogP contribution is 2.28. The van der Waals surface area contributed by atoms with Crippen LogP contribution < -0.4 is 5.32 Å². The van der Waals surface area contributed by atoms with Crippen molar-refractivity contribution in [2.45, 2.75) is 33.4 Å². The second-order valence-electron chi connectivity index (χ2n) is 6.13. The lowest BCUT2D eigenvalue weighted by atomic mass is 9.83. The molecular weight excluding hydrogens is 276 g/mol. The van der Waals surface area contributed by atoms with E-state index >= 15 is 0 Å². The second kappa shape index (κ2) is 5.44. The fourth-order valence-electron chi connectivity index (χ4n) is 2.47. The first-order chi connectivity index (χ1) is 9.29. The third kappa shape index (κ3) is 3.12. The molecular formula is C15H19ClN2O2. The molecule has 1 aromatic carbocycles. The van der Waals surface area contributed by atoms with Gasteiger partial charge in [-0.05, 0) is 23.1 Å². The number of halogens is 1. The summed E-state index contributed by atoms with van der Waals surface area (Å²) in [5.41, 5.74) is 0.652. The second-order valence-corrected chi connectivity index (χ2v) is 6.57. The van der Waals surface area contributed by atoms with Crippen molar-refractivity contribution in [3.05, 3.63) is 34.9 Å². The van der Waals surface area contributed by atoms with Gasteiger partial charge in [0.2, 0.25) is 11.8 Å². The summed E-state index contributed by atoms with van der Waals surface area (Å²) in [4.78, 5) is 25.9. The Morgan fingerprint density at radius 2 is 1.85 bits per heavy atom. The Balaban J connectivity index is 2.27. The van der Waals surface area contributed by atoms with Gasteiger partial charge < -0.3 is 10.2 Å². The van der Waals surface area contributed by atoms with Crippen LogP contribution in [-0.4, -0.2) is 29.3 Å². The molecule has 1 unspecified atom stereocenters. The average Bonchev–Trinajstić information content (AvgIpc) is 2.35. The van der Waals surface area contributed by atoms with E-state index in [1.54, 1.807) is 17.0 Å². The van der Waals surface area contributed by atoms with Gasteiger partial charge in [0.25, 0.3) is 0 Å². The Morgan fingerprint density at radius 3 is 2.40 bits per heavy atom. The smallest absolute Gasteiger partial charge is 0.243 e. The molecule has 1 heterocycles. The maximum absolute atomic E-state index is 12.2. The summed E-state index contributed by atoms with van der Waals surface area (Å²) in [6.07, 6.45) is 0. The van der Waals surface area contributed by atoms with Crippen molar-refractivity contribution in [3.63, 3.8) is 0 Å². The molecule has 0 bridgehead atoms. The lowest BCUT2D eigenvalue weighted by molar-refractivity contribution is -0.150. The summed E-state index contributed by atoms with van der Waals surface area (Å²) in [5.74, 6) is -0.148. The zero-order valence-corrected chi connectivity index (χ0v) is 12.7. The molecule has 5 heteroatoms. The normalized spacial score (nSPS) is 20.0. The molecule has 0 radical (unpaired) electrons. The van der Waals surface area contributed by atoms with E-state index in [-0.39, 0.29) is 23.8 Å². The van der Waals surface area contributed by atoms with E-state index in [1.165, 1.54) is 0 Å². The number of nitrogens with zero attached hydrogens (tertiary/aromatic N) is 1. The molecule has 1 fully saturated rings. The SMILES string of the molecule is CC(C)(C)C1C(=O)NCC(=O)N1Cc1ccc(Cl)cc1. The van der Waals surface area contributed by atoms with Gasteiger partial charge in [0.05, 0.1) is 6.54 Å². The molecule has 1 aliphatic rings. The molecule has 0 aliphatic carbocycles. The van der Waals surface area contributed by atoms with Crippen LogP contribution >= 0.6 is 11.6 Å². The van der Waals surface area contributed by atoms with E-state index in [2.05, 4.69) is 5.32 Å². The van der Waals surface area contributed by atoms with Crippen molar-refractivity contribution < 1.29 is 9.59 Å². The van der Waals surface area contributed by atoms with Crippen LogP contribution in [0.15, 0.2) is 24.3 Å². The topological polar surface area (TPSA) is 49.4 Å². The summed E-state index contributed by atoms with van der Waals surface area (Å²) >= 11 is 5.86. The van der Waals surface area contributed by atoms with Gasteiger partial charge in [0.15, 0.2) is 0 Å². The molecule has 0 spiro atoms. The van der Waals surface area contributed by atoms with Crippen molar-refractivity contribution in [1.29, 1.82) is 0 Å². The van der Waals surface area contributed by atoms with Crippen LogP contribution in [0.1, 0.15) is 26.3 Å². The van der Waals surface area contributed by atoms with Crippen LogP contribution in [0.25, 0.3) is 0 Å². The summed E-state index contributed by atoms with van der Waals surface area (Å²) in [6, 6.07) is 6.87. The Bertz CT molecular complexity index is 520. The van der Waals surface area contributed by atoms with Crippen molar-refractivity contribution >= 4 is 23.4 Å². The van der Waals surface area contributed by atoms with Crippen molar-refractivity contribution in [2.75, 3.05) is 6.54 Å². The standard InChI is InChI=1S/C15H19ClN2O2/c1-15(2,3)13-14(20)17-8-12(19)18(13)9-10-4-6-11(16)7-5-10/h4-7,13H,8-9H2,1-3H3,(H,17,20). The summed E-state index contributed by atoms with van der Waals surface area (Å²) < 4.78 is 0. The Kier molecular flexibility index (Phi) is 4.04. The van der Waals surface area contributed by atoms with Crippen LogP contribution in [0.5, 0.6) is 0 Å². The Hall–Kier alpha value is -1.55. The molecule has 20 heavy (non-hydrogen) atoms. The van der Waals surface area contributed by atoms with E-state index in [1.807, 2.05) is 32.9 Å². The molecule has 108 valence electrons. The maximum Gasteiger partial charge on any atom is 0.243 e. The number of benzene rings is 1. The average molecular weight is 295 g/mol. The van der Waals surface area contributed by atoms with Gasteiger partial charge in [-0.1, -0.05) is 44.5 Å². The minimum absolute atomic E-state index is 0.0560. The quantitative estimate of drug-likeness (QED) is 0.909. The molecule has 1 aliphatic heterocycles. The predicted molar refractivity (Wildman–Crippen MR) is 78.3 cm³/mol. The highest BCUT2D eigenvalue weighted by atomic mass is 35.5. The zero-order chi connectivity index (χ0) is 14.9. The molecule has 2 amide bonds.